The average Bonchev–Trinajstić information content (AvgIpc) is 2.45. The minimum absolute atomic E-state index is 0.0564. The highest BCUT2D eigenvalue weighted by atomic mass is 35.5. The Kier molecular flexibility index (Phi) is 7.32. The predicted molar refractivity (Wildman–Crippen MR) is 86.0 cm³/mol. The highest BCUT2D eigenvalue weighted by molar-refractivity contribution is 6.35. The Bertz CT molecular complexity index is 521. The highest BCUT2D eigenvalue weighted by Crippen LogP contribution is 2.25. The molecule has 0 aliphatic heterocycles. The summed E-state index contributed by atoms with van der Waals surface area (Å²) in [6.07, 6.45) is 0.271. The van der Waals surface area contributed by atoms with Gasteiger partial charge in [-0.2, -0.15) is 0 Å². The van der Waals surface area contributed by atoms with E-state index in [1.54, 1.807) is 19.2 Å². The molecule has 0 aliphatic carbocycles. The number of nitrogens with one attached hydrogen (secondary N) is 2. The fourth-order valence-corrected chi connectivity index (χ4v) is 2.29. The monoisotopic (exact) mass is 331 g/mol. The number of aliphatic imine (C=N–C) groups is 1. The quantitative estimate of drug-likeness (QED) is 0.494. The van der Waals surface area contributed by atoms with Crippen molar-refractivity contribution in [3.63, 3.8) is 0 Å². The maximum Gasteiger partial charge on any atom is 0.307 e. The molecule has 0 amide bonds. The van der Waals surface area contributed by atoms with Gasteiger partial charge in [0.25, 0.3) is 0 Å². The van der Waals surface area contributed by atoms with Gasteiger partial charge in [0.15, 0.2) is 5.96 Å². The van der Waals surface area contributed by atoms with Crippen LogP contribution in [0, 0.1) is 0 Å². The lowest BCUT2D eigenvalue weighted by Gasteiger charge is -2.19. The fraction of sp³-hybridized carbons (Fsp3) is 0.429. The second-order valence-electron chi connectivity index (χ2n) is 4.36. The van der Waals surface area contributed by atoms with Crippen LogP contribution < -0.4 is 10.6 Å². The van der Waals surface area contributed by atoms with Gasteiger partial charge in [0.05, 0.1) is 19.6 Å². The number of rotatable bonds is 5. The van der Waals surface area contributed by atoms with Crippen LogP contribution in [0.25, 0.3) is 0 Å². The van der Waals surface area contributed by atoms with E-state index in [4.69, 9.17) is 23.2 Å². The maximum atomic E-state index is 11.0. The van der Waals surface area contributed by atoms with Gasteiger partial charge < -0.3 is 15.4 Å². The highest BCUT2D eigenvalue weighted by Gasteiger charge is 2.12. The smallest absolute Gasteiger partial charge is 0.307 e. The second kappa shape index (κ2) is 8.74. The number of nitrogens with zero attached hydrogens (tertiary/aromatic N) is 1. The van der Waals surface area contributed by atoms with Crippen LogP contribution in [-0.2, 0) is 9.53 Å². The van der Waals surface area contributed by atoms with Crippen LogP contribution in [0.5, 0.6) is 0 Å². The molecule has 0 aliphatic rings. The molecule has 1 atom stereocenters. The lowest BCUT2D eigenvalue weighted by atomic mass is 10.1. The van der Waals surface area contributed by atoms with Crippen LogP contribution in [-0.4, -0.2) is 32.6 Å². The molecule has 1 aromatic carbocycles. The lowest BCUT2D eigenvalue weighted by Crippen LogP contribution is -2.39. The van der Waals surface area contributed by atoms with E-state index >= 15 is 0 Å². The van der Waals surface area contributed by atoms with Crippen molar-refractivity contribution in [3.05, 3.63) is 33.8 Å². The fourth-order valence-electron chi connectivity index (χ4n) is 1.72. The van der Waals surface area contributed by atoms with Crippen molar-refractivity contribution in [3.8, 4) is 0 Å². The van der Waals surface area contributed by atoms with Crippen LogP contribution in [0.2, 0.25) is 10.0 Å². The minimum Gasteiger partial charge on any atom is -0.469 e. The number of carbonyl (C=O) groups excluding carboxylic acids is 1. The summed E-state index contributed by atoms with van der Waals surface area (Å²) in [5, 5.41) is 7.41. The summed E-state index contributed by atoms with van der Waals surface area (Å²) in [7, 11) is 3.02. The Morgan fingerprint density at radius 3 is 2.71 bits per heavy atom. The number of ether oxygens (including phenoxy) is 1. The summed E-state index contributed by atoms with van der Waals surface area (Å²) < 4.78 is 4.57. The van der Waals surface area contributed by atoms with Gasteiger partial charge in [-0.1, -0.05) is 29.3 Å². The van der Waals surface area contributed by atoms with E-state index in [0.717, 1.165) is 5.56 Å². The minimum atomic E-state index is -0.272. The van der Waals surface area contributed by atoms with Crippen molar-refractivity contribution < 1.29 is 9.53 Å². The number of esters is 1. The molecule has 0 radical (unpaired) electrons. The number of guanidine groups is 1. The Balaban J connectivity index is 2.58. The van der Waals surface area contributed by atoms with Gasteiger partial charge in [-0.05, 0) is 24.6 Å². The van der Waals surface area contributed by atoms with Crippen LogP contribution in [0.1, 0.15) is 24.9 Å². The van der Waals surface area contributed by atoms with Crippen LogP contribution in [0.15, 0.2) is 23.2 Å². The third-order valence-electron chi connectivity index (χ3n) is 2.86. The third kappa shape index (κ3) is 5.81. The van der Waals surface area contributed by atoms with E-state index in [1.807, 2.05) is 13.0 Å². The molecule has 0 spiro atoms. The van der Waals surface area contributed by atoms with Gasteiger partial charge in [0, 0.05) is 23.6 Å². The largest absolute Gasteiger partial charge is 0.469 e. The first-order valence-electron chi connectivity index (χ1n) is 6.47. The zero-order chi connectivity index (χ0) is 15.8. The van der Waals surface area contributed by atoms with Gasteiger partial charge in [0.1, 0.15) is 0 Å². The molecule has 0 heterocycles. The SMILES string of the molecule is CN=C(NCCC(=O)OC)NC(C)c1ccc(Cl)cc1Cl. The van der Waals surface area contributed by atoms with Crippen LogP contribution in [0.4, 0.5) is 0 Å². The molecule has 0 saturated carbocycles. The summed E-state index contributed by atoms with van der Waals surface area (Å²) in [4.78, 5) is 15.1. The van der Waals surface area contributed by atoms with Gasteiger partial charge >= 0.3 is 5.97 Å². The summed E-state index contributed by atoms with van der Waals surface area (Å²) >= 11 is 12.1. The first-order chi connectivity index (χ1) is 9.97. The summed E-state index contributed by atoms with van der Waals surface area (Å²) in [5.74, 6) is 0.309. The van der Waals surface area contributed by atoms with E-state index in [0.29, 0.717) is 22.5 Å². The van der Waals surface area contributed by atoms with Crippen molar-refractivity contribution in [2.45, 2.75) is 19.4 Å². The second-order valence-corrected chi connectivity index (χ2v) is 5.20. The number of benzene rings is 1. The molecule has 1 unspecified atom stereocenters. The molecule has 0 bridgehead atoms. The van der Waals surface area contributed by atoms with Gasteiger partial charge in [-0.15, -0.1) is 0 Å². The van der Waals surface area contributed by atoms with Crippen molar-refractivity contribution in [2.24, 2.45) is 4.99 Å². The maximum absolute atomic E-state index is 11.0. The van der Waals surface area contributed by atoms with E-state index in [2.05, 4.69) is 20.4 Å². The molecular weight excluding hydrogens is 313 g/mol. The van der Waals surface area contributed by atoms with Gasteiger partial charge in [-0.3, -0.25) is 9.79 Å². The third-order valence-corrected chi connectivity index (χ3v) is 3.42. The molecule has 7 heteroatoms. The first kappa shape index (κ1) is 17.6. The molecule has 2 N–H and O–H groups in total. The lowest BCUT2D eigenvalue weighted by molar-refractivity contribution is -0.140. The van der Waals surface area contributed by atoms with Crippen molar-refractivity contribution in [2.75, 3.05) is 20.7 Å². The first-order valence-corrected chi connectivity index (χ1v) is 7.22. The predicted octanol–water partition coefficient (Wildman–Crippen LogP) is 2.78. The molecule has 1 aromatic rings. The van der Waals surface area contributed by atoms with Crippen molar-refractivity contribution in [1.82, 2.24) is 10.6 Å². The topological polar surface area (TPSA) is 62.7 Å². The number of hydrogen-bond acceptors (Lipinski definition) is 3. The van der Waals surface area contributed by atoms with E-state index in [1.165, 1.54) is 7.11 Å². The number of carbonyl (C=O) groups is 1. The van der Waals surface area contributed by atoms with Crippen molar-refractivity contribution in [1.29, 1.82) is 0 Å². The molecular formula is C14H19Cl2N3O2. The Labute approximate surface area is 134 Å². The molecule has 5 nitrogen and oxygen atoms in total. The van der Waals surface area contributed by atoms with Crippen LogP contribution >= 0.6 is 23.2 Å². The Hall–Kier alpha value is -1.46. The molecule has 21 heavy (non-hydrogen) atoms. The molecule has 0 saturated heterocycles. The van der Waals surface area contributed by atoms with Crippen molar-refractivity contribution >= 4 is 35.1 Å². The summed E-state index contributed by atoms with van der Waals surface area (Å²) in [6, 6.07) is 5.29. The van der Waals surface area contributed by atoms with E-state index in [9.17, 15) is 4.79 Å². The van der Waals surface area contributed by atoms with Crippen LogP contribution in [0.3, 0.4) is 0 Å². The van der Waals surface area contributed by atoms with E-state index < -0.39 is 0 Å². The zero-order valence-corrected chi connectivity index (χ0v) is 13.8. The number of halogens is 2. The Morgan fingerprint density at radius 1 is 1.43 bits per heavy atom. The summed E-state index contributed by atoms with van der Waals surface area (Å²) in [5.41, 5.74) is 0.914. The Morgan fingerprint density at radius 2 is 2.14 bits per heavy atom. The van der Waals surface area contributed by atoms with Gasteiger partial charge in [-0.25, -0.2) is 0 Å². The standard InChI is InChI=1S/C14H19Cl2N3O2/c1-9(11-5-4-10(15)8-12(11)16)19-14(17-2)18-7-6-13(20)21-3/h4-5,8-9H,6-7H2,1-3H3,(H2,17,18,19). The summed E-state index contributed by atoms with van der Waals surface area (Å²) in [6.45, 7) is 2.40. The van der Waals surface area contributed by atoms with Gasteiger partial charge in [0.2, 0.25) is 0 Å². The molecule has 0 aromatic heterocycles. The normalized spacial score (nSPS) is 12.7. The number of methoxy groups -OCH3 is 1. The molecule has 1 rings (SSSR count). The zero-order valence-electron chi connectivity index (χ0n) is 12.2. The van der Waals surface area contributed by atoms with E-state index in [-0.39, 0.29) is 18.4 Å². The average molecular weight is 332 g/mol. The number of hydrogen-bond donors (Lipinski definition) is 2. The molecule has 0 fully saturated rings. The molecule has 116 valence electrons.